The molecule has 0 aliphatic heterocycles. The van der Waals surface area contributed by atoms with Crippen LogP contribution in [0.1, 0.15) is 30.0 Å². The molecule has 0 fully saturated rings. The first kappa shape index (κ1) is 21.8. The number of nitrogen functional groups attached to an aromatic ring is 1. The molecular formula is C23H19F3N4O4. The predicted octanol–water partition coefficient (Wildman–Crippen LogP) is 4.91. The molecule has 1 aliphatic rings. The number of aromatic amines is 1. The van der Waals surface area contributed by atoms with E-state index in [1.54, 1.807) is 0 Å². The number of anilines is 1. The summed E-state index contributed by atoms with van der Waals surface area (Å²) in [6.45, 7) is -1.45. The number of ether oxygens (including phenoxy) is 1. The standard InChI is InChI=1S/C23H19F3N4O4/c24-23(25,26)10-33-15-6-13(5-14(27)9-15)22-29-21(30-34-22)12-2-4-18-17(7-12)16-3-1-11(8-19(31)32)20(16)28-18/h2,4-7,9,11,28H,1,3,8,10,27H2,(H,31,32). The lowest BCUT2D eigenvalue weighted by Crippen LogP contribution is -2.19. The van der Waals surface area contributed by atoms with E-state index in [2.05, 4.69) is 15.1 Å². The Balaban J connectivity index is 1.43. The summed E-state index contributed by atoms with van der Waals surface area (Å²) in [6, 6.07) is 9.74. The maximum Gasteiger partial charge on any atom is 0.422 e. The van der Waals surface area contributed by atoms with Crippen LogP contribution >= 0.6 is 0 Å². The summed E-state index contributed by atoms with van der Waals surface area (Å²) in [7, 11) is 0. The molecule has 0 bridgehead atoms. The van der Waals surface area contributed by atoms with Crippen molar-refractivity contribution in [2.24, 2.45) is 0 Å². The SMILES string of the molecule is Nc1cc(OCC(F)(F)F)cc(-c2nc(-c3ccc4[nH]c5c(c4c3)CCC5CC(=O)O)no2)c1. The van der Waals surface area contributed by atoms with Crippen LogP contribution in [0.5, 0.6) is 5.75 Å². The minimum atomic E-state index is -4.48. The molecule has 4 N–H and O–H groups in total. The number of rotatable bonds is 6. The van der Waals surface area contributed by atoms with Crippen LogP contribution in [0.3, 0.4) is 0 Å². The molecule has 2 aromatic carbocycles. The lowest BCUT2D eigenvalue weighted by molar-refractivity contribution is -0.153. The topological polar surface area (TPSA) is 127 Å². The largest absolute Gasteiger partial charge is 0.484 e. The average molecular weight is 472 g/mol. The lowest BCUT2D eigenvalue weighted by Gasteiger charge is -2.10. The number of carboxylic acid groups (broad SMARTS) is 1. The van der Waals surface area contributed by atoms with E-state index in [1.807, 2.05) is 18.2 Å². The van der Waals surface area contributed by atoms with Crippen molar-refractivity contribution >= 4 is 22.6 Å². The van der Waals surface area contributed by atoms with Gasteiger partial charge < -0.3 is 25.1 Å². The number of aliphatic carboxylic acids is 1. The Hall–Kier alpha value is -4.02. The fourth-order valence-corrected chi connectivity index (χ4v) is 4.36. The van der Waals surface area contributed by atoms with Gasteiger partial charge in [-0.05, 0) is 48.7 Å². The van der Waals surface area contributed by atoms with E-state index in [1.165, 1.54) is 18.2 Å². The van der Waals surface area contributed by atoms with Crippen molar-refractivity contribution in [1.82, 2.24) is 15.1 Å². The number of halogens is 3. The molecule has 0 amide bonds. The summed E-state index contributed by atoms with van der Waals surface area (Å²) in [5.41, 5.74) is 9.95. The number of hydrogen-bond donors (Lipinski definition) is 3. The van der Waals surface area contributed by atoms with Gasteiger partial charge in [-0.3, -0.25) is 4.79 Å². The van der Waals surface area contributed by atoms with Gasteiger partial charge in [0.1, 0.15) is 5.75 Å². The van der Waals surface area contributed by atoms with Crippen molar-refractivity contribution in [2.75, 3.05) is 12.3 Å². The van der Waals surface area contributed by atoms with Gasteiger partial charge in [-0.25, -0.2) is 0 Å². The van der Waals surface area contributed by atoms with Crippen molar-refractivity contribution in [3.8, 4) is 28.6 Å². The average Bonchev–Trinajstić information content (AvgIpc) is 3.47. The molecule has 1 atom stereocenters. The second-order valence-electron chi connectivity index (χ2n) is 8.23. The van der Waals surface area contributed by atoms with Gasteiger partial charge in [0.2, 0.25) is 5.82 Å². The number of benzene rings is 2. The highest BCUT2D eigenvalue weighted by Gasteiger charge is 2.29. The van der Waals surface area contributed by atoms with Crippen LogP contribution in [0.4, 0.5) is 18.9 Å². The fraction of sp³-hybridized carbons (Fsp3) is 0.261. The zero-order valence-corrected chi connectivity index (χ0v) is 17.6. The molecule has 0 radical (unpaired) electrons. The van der Waals surface area contributed by atoms with E-state index in [-0.39, 0.29) is 29.7 Å². The zero-order valence-electron chi connectivity index (χ0n) is 17.6. The first-order valence-corrected chi connectivity index (χ1v) is 10.5. The molecule has 1 aliphatic carbocycles. The number of aryl methyl sites for hydroxylation is 1. The Bertz CT molecular complexity index is 1390. The number of nitrogens with one attached hydrogen (secondary N) is 1. The second-order valence-corrected chi connectivity index (χ2v) is 8.23. The molecular weight excluding hydrogens is 453 g/mol. The van der Waals surface area contributed by atoms with Crippen LogP contribution in [0.15, 0.2) is 40.9 Å². The van der Waals surface area contributed by atoms with Gasteiger partial charge in [0.05, 0.1) is 6.42 Å². The smallest absolute Gasteiger partial charge is 0.422 e. The van der Waals surface area contributed by atoms with Crippen LogP contribution in [0.2, 0.25) is 0 Å². The number of alkyl halides is 3. The molecule has 1 unspecified atom stereocenters. The molecule has 176 valence electrons. The van der Waals surface area contributed by atoms with Crippen molar-refractivity contribution in [3.05, 3.63) is 47.7 Å². The zero-order chi connectivity index (χ0) is 24.0. The molecule has 2 aromatic heterocycles. The molecule has 0 spiro atoms. The van der Waals surface area contributed by atoms with Crippen LogP contribution in [-0.4, -0.2) is 39.0 Å². The van der Waals surface area contributed by atoms with Gasteiger partial charge in [-0.2, -0.15) is 18.2 Å². The Morgan fingerprint density at radius 3 is 2.82 bits per heavy atom. The summed E-state index contributed by atoms with van der Waals surface area (Å²) < 4.78 is 47.6. The quantitative estimate of drug-likeness (QED) is 0.340. The van der Waals surface area contributed by atoms with Gasteiger partial charge in [0.25, 0.3) is 5.89 Å². The highest BCUT2D eigenvalue weighted by atomic mass is 19.4. The molecule has 0 saturated carbocycles. The van der Waals surface area contributed by atoms with E-state index in [9.17, 15) is 18.0 Å². The Morgan fingerprint density at radius 1 is 1.24 bits per heavy atom. The number of fused-ring (bicyclic) bond motifs is 3. The number of aromatic nitrogens is 3. The van der Waals surface area contributed by atoms with Crippen LogP contribution < -0.4 is 10.5 Å². The first-order valence-electron chi connectivity index (χ1n) is 10.5. The van der Waals surface area contributed by atoms with E-state index in [4.69, 9.17) is 20.1 Å². The van der Waals surface area contributed by atoms with E-state index >= 15 is 0 Å². The molecule has 34 heavy (non-hydrogen) atoms. The lowest BCUT2D eigenvalue weighted by atomic mass is 10.0. The molecule has 4 aromatic rings. The van der Waals surface area contributed by atoms with Crippen LogP contribution in [0, 0.1) is 0 Å². The van der Waals surface area contributed by atoms with E-state index in [0.29, 0.717) is 17.0 Å². The third kappa shape index (κ3) is 4.28. The number of carbonyl (C=O) groups is 1. The van der Waals surface area contributed by atoms with Gasteiger partial charge in [0, 0.05) is 45.4 Å². The molecule has 2 heterocycles. The van der Waals surface area contributed by atoms with Gasteiger partial charge >= 0.3 is 12.1 Å². The van der Waals surface area contributed by atoms with Crippen molar-refractivity contribution in [2.45, 2.75) is 31.4 Å². The number of H-pyrrole nitrogens is 1. The summed E-state index contributed by atoms with van der Waals surface area (Å²) in [4.78, 5) is 18.9. The fourth-order valence-electron chi connectivity index (χ4n) is 4.36. The first-order chi connectivity index (χ1) is 16.2. The Kier molecular flexibility index (Phi) is 5.18. The third-order valence-electron chi connectivity index (χ3n) is 5.77. The normalized spacial score (nSPS) is 15.6. The second kappa shape index (κ2) is 8.08. The van der Waals surface area contributed by atoms with Crippen LogP contribution in [-0.2, 0) is 11.2 Å². The van der Waals surface area contributed by atoms with Crippen LogP contribution in [0.25, 0.3) is 33.7 Å². The van der Waals surface area contributed by atoms with Crippen molar-refractivity contribution in [3.63, 3.8) is 0 Å². The van der Waals surface area contributed by atoms with Crippen molar-refractivity contribution < 1.29 is 32.3 Å². The highest BCUT2D eigenvalue weighted by Crippen LogP contribution is 2.40. The van der Waals surface area contributed by atoms with E-state index in [0.717, 1.165) is 35.0 Å². The maximum atomic E-state index is 12.5. The molecule has 8 nitrogen and oxygen atoms in total. The van der Waals surface area contributed by atoms with Gasteiger partial charge in [-0.1, -0.05) is 5.16 Å². The van der Waals surface area contributed by atoms with Gasteiger partial charge in [0.15, 0.2) is 6.61 Å². The molecule has 5 rings (SSSR count). The monoisotopic (exact) mass is 472 g/mol. The van der Waals surface area contributed by atoms with E-state index < -0.39 is 18.8 Å². The minimum absolute atomic E-state index is 0.0440. The summed E-state index contributed by atoms with van der Waals surface area (Å²) >= 11 is 0. The molecule has 11 heteroatoms. The summed E-state index contributed by atoms with van der Waals surface area (Å²) in [6.07, 6.45) is -2.85. The molecule has 0 saturated heterocycles. The predicted molar refractivity (Wildman–Crippen MR) is 116 cm³/mol. The Labute approximate surface area is 190 Å². The maximum absolute atomic E-state index is 12.5. The third-order valence-corrected chi connectivity index (χ3v) is 5.77. The summed E-state index contributed by atoms with van der Waals surface area (Å²) in [5, 5.41) is 14.1. The minimum Gasteiger partial charge on any atom is -0.484 e. The van der Waals surface area contributed by atoms with Crippen molar-refractivity contribution in [1.29, 1.82) is 0 Å². The number of nitrogens with two attached hydrogens (primary N) is 1. The number of hydrogen-bond acceptors (Lipinski definition) is 6. The highest BCUT2D eigenvalue weighted by molar-refractivity contribution is 5.89. The van der Waals surface area contributed by atoms with Gasteiger partial charge in [-0.15, -0.1) is 0 Å². The Morgan fingerprint density at radius 2 is 2.06 bits per heavy atom. The number of carboxylic acids is 1. The number of nitrogens with zero attached hydrogens (tertiary/aromatic N) is 2. The summed E-state index contributed by atoms with van der Waals surface area (Å²) in [5.74, 6) is -0.554.